The van der Waals surface area contributed by atoms with E-state index in [0.717, 1.165) is 0 Å². The van der Waals surface area contributed by atoms with Crippen LogP contribution in [0.1, 0.15) is 6.42 Å². The van der Waals surface area contributed by atoms with E-state index >= 15 is 0 Å². The molecule has 0 saturated carbocycles. The summed E-state index contributed by atoms with van der Waals surface area (Å²) in [5.74, 6) is -56.4. The highest BCUT2D eigenvalue weighted by Crippen LogP contribution is 2.64. The molecule has 0 aromatic rings. The van der Waals surface area contributed by atoms with E-state index in [4.69, 9.17) is 5.11 Å². The zero-order valence-corrected chi connectivity index (χ0v) is 15.9. The van der Waals surface area contributed by atoms with Gasteiger partial charge in [-0.05, 0) is 0 Å². The lowest BCUT2D eigenvalue weighted by Gasteiger charge is -2.42. The van der Waals surface area contributed by atoms with Crippen LogP contribution in [-0.2, 0) is 9.47 Å². The van der Waals surface area contributed by atoms with Gasteiger partial charge in [-0.25, -0.2) is 0 Å². The van der Waals surface area contributed by atoms with Gasteiger partial charge in [0.2, 0.25) is 0 Å². The van der Waals surface area contributed by atoms with E-state index in [9.17, 15) is 74.6 Å². The van der Waals surface area contributed by atoms with Gasteiger partial charge < -0.3 is 14.6 Å². The smallest absolute Gasteiger partial charge is 0.394 e. The summed E-state index contributed by atoms with van der Waals surface area (Å²) in [6.07, 6.45) is -10.4. The summed E-state index contributed by atoms with van der Waals surface area (Å²) >= 11 is 0. The first-order valence-electron chi connectivity index (χ1n) is 8.29. The lowest BCUT2D eigenvalue weighted by atomic mass is 9.88. The third-order valence-corrected chi connectivity index (χ3v) is 3.96. The minimum absolute atomic E-state index is 0.328. The first kappa shape index (κ1) is 32.7. The zero-order valence-electron chi connectivity index (χ0n) is 15.9. The summed E-state index contributed by atoms with van der Waals surface area (Å²) in [5, 5.41) is 8.32. The van der Waals surface area contributed by atoms with Crippen LogP contribution < -0.4 is 0 Å². The maximum Gasteiger partial charge on any atom is 0.460 e. The average molecular weight is 552 g/mol. The van der Waals surface area contributed by atoms with Crippen LogP contribution in [0.4, 0.5) is 74.6 Å². The normalized spacial score (nSPS) is 15.7. The molecule has 0 atom stereocenters. The quantitative estimate of drug-likeness (QED) is 0.232. The molecule has 0 spiro atoms. The molecule has 34 heavy (non-hydrogen) atoms. The molecule has 0 aliphatic heterocycles. The van der Waals surface area contributed by atoms with Gasteiger partial charge in [0.15, 0.2) is 0 Å². The number of hydrogen-bond acceptors (Lipinski definition) is 3. The lowest BCUT2D eigenvalue weighted by molar-refractivity contribution is -0.462. The predicted molar refractivity (Wildman–Crippen MR) is 74.0 cm³/mol. The highest BCUT2D eigenvalue weighted by Gasteiger charge is 2.95. The second kappa shape index (κ2) is 9.98. The first-order valence-corrected chi connectivity index (χ1v) is 8.29. The Kier molecular flexibility index (Phi) is 9.59. The fourth-order valence-corrected chi connectivity index (χ4v) is 1.94. The maximum atomic E-state index is 13.5. The molecule has 20 heteroatoms. The molecular formula is C14H13F17O3. The van der Waals surface area contributed by atoms with Gasteiger partial charge in [-0.2, -0.15) is 74.6 Å². The molecule has 0 aliphatic rings. The van der Waals surface area contributed by atoms with Crippen LogP contribution in [0.5, 0.6) is 0 Å². The first-order chi connectivity index (χ1) is 14.8. The van der Waals surface area contributed by atoms with Crippen LogP contribution in [-0.4, -0.2) is 85.8 Å². The van der Waals surface area contributed by atoms with Crippen molar-refractivity contribution in [1.82, 2.24) is 0 Å². The second-order valence-electron chi connectivity index (χ2n) is 6.35. The maximum absolute atomic E-state index is 13.5. The summed E-state index contributed by atoms with van der Waals surface area (Å²) in [7, 11) is 0. The largest absolute Gasteiger partial charge is 0.460 e. The Morgan fingerprint density at radius 3 is 1.09 bits per heavy atom. The van der Waals surface area contributed by atoms with E-state index in [1.54, 1.807) is 0 Å². The number of alkyl halides is 17. The van der Waals surface area contributed by atoms with Crippen LogP contribution in [0.2, 0.25) is 0 Å². The number of aliphatic hydroxyl groups excluding tert-OH is 1. The van der Waals surface area contributed by atoms with Crippen molar-refractivity contribution < 1.29 is 89.2 Å². The fourth-order valence-electron chi connectivity index (χ4n) is 1.94. The number of hydrogen-bond donors (Lipinski definition) is 1. The topological polar surface area (TPSA) is 38.7 Å². The van der Waals surface area contributed by atoms with Crippen LogP contribution in [0.3, 0.4) is 0 Å². The third-order valence-electron chi connectivity index (χ3n) is 3.96. The summed E-state index contributed by atoms with van der Waals surface area (Å²) < 4.78 is 230. The van der Waals surface area contributed by atoms with E-state index in [1.807, 2.05) is 0 Å². The van der Waals surface area contributed by atoms with Crippen LogP contribution in [0.25, 0.3) is 0 Å². The van der Waals surface area contributed by atoms with Gasteiger partial charge in [0.25, 0.3) is 0 Å². The molecule has 0 aliphatic carbocycles. The van der Waals surface area contributed by atoms with E-state index in [0.29, 0.717) is 0 Å². The molecule has 3 nitrogen and oxygen atoms in total. The minimum Gasteiger partial charge on any atom is -0.394 e. The van der Waals surface area contributed by atoms with E-state index in [2.05, 4.69) is 9.47 Å². The van der Waals surface area contributed by atoms with Gasteiger partial charge in [-0.1, -0.05) is 0 Å². The number of halogens is 17. The molecular weight excluding hydrogens is 539 g/mol. The molecule has 206 valence electrons. The lowest BCUT2D eigenvalue weighted by Crippen LogP contribution is -2.74. The summed E-state index contributed by atoms with van der Waals surface area (Å²) in [6.45, 7) is -3.81. The molecule has 0 aromatic carbocycles. The van der Waals surface area contributed by atoms with Crippen LogP contribution in [0.15, 0.2) is 0 Å². The van der Waals surface area contributed by atoms with Gasteiger partial charge >= 0.3 is 47.6 Å². The molecule has 0 fully saturated rings. The average Bonchev–Trinajstić information content (AvgIpc) is 2.65. The minimum atomic E-state index is -8.64. The molecule has 0 unspecified atom stereocenters. The Labute approximate surface area is 177 Å². The van der Waals surface area contributed by atoms with Gasteiger partial charge in [0.05, 0.1) is 33.0 Å². The highest BCUT2D eigenvalue weighted by molar-refractivity contribution is 5.15. The molecule has 0 bridgehead atoms. The highest BCUT2D eigenvalue weighted by atomic mass is 19.4. The Morgan fingerprint density at radius 1 is 0.412 bits per heavy atom. The predicted octanol–water partition coefficient (Wildman–Crippen LogP) is 5.41. The second-order valence-corrected chi connectivity index (χ2v) is 6.35. The molecule has 0 heterocycles. The van der Waals surface area contributed by atoms with Gasteiger partial charge in [0.1, 0.15) is 0 Å². The van der Waals surface area contributed by atoms with Crippen molar-refractivity contribution in [1.29, 1.82) is 0 Å². The fraction of sp³-hybridized carbons (Fsp3) is 1.00. The Morgan fingerprint density at radius 2 is 0.735 bits per heavy atom. The van der Waals surface area contributed by atoms with E-state index < -0.39 is 80.5 Å². The number of rotatable bonds is 14. The molecule has 0 aromatic heterocycles. The van der Waals surface area contributed by atoms with Crippen molar-refractivity contribution in [3.63, 3.8) is 0 Å². The van der Waals surface area contributed by atoms with Gasteiger partial charge in [0, 0.05) is 6.42 Å². The number of aliphatic hydroxyl groups is 1. The monoisotopic (exact) mass is 552 g/mol. The van der Waals surface area contributed by atoms with E-state index in [1.165, 1.54) is 0 Å². The van der Waals surface area contributed by atoms with Crippen molar-refractivity contribution >= 4 is 0 Å². The summed E-state index contributed by atoms with van der Waals surface area (Å²) in [5.41, 5.74) is 0. The zero-order chi connectivity index (χ0) is 27.7. The standard InChI is InChI=1S/C14H13F17O3/c15-7(16,1-3-33-5-6-34-4-2-32)8(17,18)9(19,20)10(21,22)11(23,24)12(25,26)13(27,28)14(29,30)31/h32H,1-6H2. The molecule has 0 radical (unpaired) electrons. The summed E-state index contributed by atoms with van der Waals surface area (Å²) in [6, 6.07) is 0. The van der Waals surface area contributed by atoms with Crippen molar-refractivity contribution in [2.24, 2.45) is 0 Å². The SMILES string of the molecule is OCCOCCOCCC(F)(F)C(F)(F)C(F)(F)C(F)(F)C(F)(F)C(F)(F)C(F)(F)C(F)(F)F. The van der Waals surface area contributed by atoms with Crippen LogP contribution >= 0.6 is 0 Å². The van der Waals surface area contributed by atoms with Gasteiger partial charge in [-0.3, -0.25) is 0 Å². The number of ether oxygens (including phenoxy) is 2. The van der Waals surface area contributed by atoms with Gasteiger partial charge in [-0.15, -0.1) is 0 Å². The molecule has 0 saturated heterocycles. The summed E-state index contributed by atoms with van der Waals surface area (Å²) in [4.78, 5) is 0. The Bertz CT molecular complexity index is 658. The third kappa shape index (κ3) is 5.26. The Balaban J connectivity index is 5.98. The molecule has 0 amide bonds. The van der Waals surface area contributed by atoms with Crippen molar-refractivity contribution in [2.75, 3.05) is 33.0 Å². The Hall–Kier alpha value is -1.31. The van der Waals surface area contributed by atoms with E-state index in [-0.39, 0.29) is 6.61 Å². The van der Waals surface area contributed by atoms with Crippen molar-refractivity contribution in [2.45, 2.75) is 54.1 Å². The van der Waals surface area contributed by atoms with Crippen LogP contribution in [0, 0.1) is 0 Å². The van der Waals surface area contributed by atoms with Crippen molar-refractivity contribution in [3.8, 4) is 0 Å². The van der Waals surface area contributed by atoms with Crippen molar-refractivity contribution in [3.05, 3.63) is 0 Å². The molecule has 1 N–H and O–H groups in total. The molecule has 0 rings (SSSR count).